The molecule has 1 aromatic carbocycles. The Morgan fingerprint density at radius 1 is 1.11 bits per heavy atom. The molecule has 0 amide bonds. The number of carbonyl (C=O) groups excluding carboxylic acids is 1. The number of rotatable bonds is 17. The van der Waals surface area contributed by atoms with Gasteiger partial charge in [0.2, 0.25) is 0 Å². The van der Waals surface area contributed by atoms with Gasteiger partial charge < -0.3 is 5.73 Å². The predicted octanol–water partition coefficient (Wildman–Crippen LogP) is 10.8. The maximum Gasteiger partial charge on any atom is 0.174 e. The molecular weight excluding hydrogens is 656 g/mol. The van der Waals surface area contributed by atoms with Crippen molar-refractivity contribution in [2.75, 3.05) is 6.54 Å². The van der Waals surface area contributed by atoms with E-state index in [2.05, 4.69) is 57.4 Å². The highest BCUT2D eigenvalue weighted by atomic mass is 19.1. The molecule has 2 fully saturated rings. The van der Waals surface area contributed by atoms with Crippen LogP contribution in [0.15, 0.2) is 121 Å². The van der Waals surface area contributed by atoms with Crippen LogP contribution in [0, 0.1) is 42.4 Å². The van der Waals surface area contributed by atoms with Crippen LogP contribution in [0.3, 0.4) is 0 Å². The van der Waals surface area contributed by atoms with E-state index in [0.717, 1.165) is 78.3 Å². The van der Waals surface area contributed by atoms with Gasteiger partial charge in [0, 0.05) is 48.0 Å². The number of halogens is 1. The van der Waals surface area contributed by atoms with Crippen LogP contribution in [0.1, 0.15) is 101 Å². The van der Waals surface area contributed by atoms with E-state index >= 15 is 0 Å². The number of unbranched alkanes of at least 4 members (excludes halogenated alkanes) is 1. The van der Waals surface area contributed by atoms with Gasteiger partial charge in [0.1, 0.15) is 12.0 Å². The Labute approximate surface area is 317 Å². The number of ketones is 1. The molecule has 0 spiro atoms. The molecule has 7 atom stereocenters. The number of benzene rings is 1. The standard InChI is InChI=1S/C47H59FN4O/c1-6-8-13-38(29-51-41-21-22-41)44(31(4)37-20-18-34(27-50-28-37)23-33-17-19-35-25-39(35)24-33)47(49)52-32(5)42(7-2)45(36-14-11-15-40(48)26-36)46(53)43-16-10-9-12-30(43)3/h9-12,14-20,24,28-29,31,35,38-41,44-45H,6-8,13,21-23,25-27H2,1-5H3,(H2,49,52)/b42-32+,51-29?. The molecule has 2 saturated carbocycles. The molecule has 280 valence electrons. The second kappa shape index (κ2) is 17.8. The molecule has 6 heteroatoms. The summed E-state index contributed by atoms with van der Waals surface area (Å²) in [4.78, 5) is 29.6. The lowest BCUT2D eigenvalue weighted by atomic mass is 9.76. The highest BCUT2D eigenvalue weighted by Crippen LogP contribution is 2.45. The van der Waals surface area contributed by atoms with Crippen molar-refractivity contribution in [3.05, 3.63) is 118 Å². The van der Waals surface area contributed by atoms with E-state index in [1.165, 1.54) is 17.6 Å². The molecule has 53 heavy (non-hydrogen) atoms. The van der Waals surface area contributed by atoms with Crippen molar-refractivity contribution < 1.29 is 9.18 Å². The summed E-state index contributed by atoms with van der Waals surface area (Å²) in [5.74, 6) is 1.38. The molecule has 5 nitrogen and oxygen atoms in total. The normalized spacial score (nSPS) is 25.3. The maximum atomic E-state index is 14.9. The van der Waals surface area contributed by atoms with Gasteiger partial charge in [0.05, 0.1) is 12.5 Å². The van der Waals surface area contributed by atoms with E-state index in [1.54, 1.807) is 12.2 Å². The summed E-state index contributed by atoms with van der Waals surface area (Å²) in [6.07, 6.45) is 28.3. The second-order valence-electron chi connectivity index (χ2n) is 15.9. The molecule has 5 aliphatic rings. The third kappa shape index (κ3) is 9.87. The van der Waals surface area contributed by atoms with E-state index in [4.69, 9.17) is 20.7 Å². The van der Waals surface area contributed by atoms with Gasteiger partial charge in [-0.2, -0.15) is 0 Å². The van der Waals surface area contributed by atoms with E-state index in [1.807, 2.05) is 50.4 Å². The molecule has 0 aromatic heterocycles. The summed E-state index contributed by atoms with van der Waals surface area (Å²) < 4.78 is 14.9. The fourth-order valence-electron chi connectivity index (χ4n) is 8.30. The molecule has 1 heterocycles. The fraction of sp³-hybridized carbons (Fsp3) is 0.489. The van der Waals surface area contributed by atoms with Crippen molar-refractivity contribution in [1.82, 2.24) is 0 Å². The lowest BCUT2D eigenvalue weighted by Gasteiger charge is -2.31. The minimum atomic E-state index is -1.13. The first-order valence-electron chi connectivity index (χ1n) is 20.1. The molecule has 2 N–H and O–H groups in total. The van der Waals surface area contributed by atoms with Crippen LogP contribution in [0.5, 0.6) is 0 Å². The summed E-state index contributed by atoms with van der Waals surface area (Å²) in [6, 6.07) is 8.07. The van der Waals surface area contributed by atoms with Gasteiger partial charge in [-0.05, 0) is 98.0 Å². The number of fused-ring (bicyclic) bond motifs is 1. The topological polar surface area (TPSA) is 80.2 Å². The van der Waals surface area contributed by atoms with E-state index < -0.39 is 12.1 Å². The molecule has 6 rings (SSSR count). The molecular formula is C47H59FN4O. The first kappa shape index (κ1) is 38.5. The number of nitrogens with two attached hydrogens (primary N) is 1. The van der Waals surface area contributed by atoms with Crippen LogP contribution in [-0.2, 0) is 0 Å². The number of aryl methyl sites for hydroxylation is 1. The molecule has 4 aliphatic carbocycles. The van der Waals surface area contributed by atoms with Crippen LogP contribution in [-0.4, -0.2) is 42.8 Å². The monoisotopic (exact) mass is 714 g/mol. The summed E-state index contributed by atoms with van der Waals surface area (Å²) >= 11 is 0. The highest BCUT2D eigenvalue weighted by Gasteiger charge is 2.36. The van der Waals surface area contributed by atoms with Gasteiger partial charge in [-0.15, -0.1) is 0 Å². The Kier molecular flexibility index (Phi) is 12.9. The van der Waals surface area contributed by atoms with Crippen molar-refractivity contribution in [2.24, 2.45) is 56.2 Å². The zero-order valence-electron chi connectivity index (χ0n) is 32.5. The smallest absolute Gasteiger partial charge is 0.174 e. The van der Waals surface area contributed by atoms with Gasteiger partial charge in [0.25, 0.3) is 0 Å². The number of alkyl halides is 1. The summed E-state index contributed by atoms with van der Waals surface area (Å²) in [5.41, 5.74) is 15.0. The number of allylic oxidation sites excluding steroid dienone is 13. The Hall–Kier alpha value is -4.19. The SMILES string of the molecule is CCCCC(C=NC1CC1)C(C(N)=N/C(C)=C(\CC)C(C(=O)c1ccccc1C)C1=CC=CC(F)C1)C(C)C1=CC=C(CC2=CC3CC3C=C2)CN=C1. The maximum absolute atomic E-state index is 14.9. The van der Waals surface area contributed by atoms with E-state index in [-0.39, 0.29) is 30.0 Å². The van der Waals surface area contributed by atoms with Gasteiger partial charge in [-0.3, -0.25) is 14.8 Å². The number of Topliss-reactive ketones (excluding diaryl/α,β-unsaturated/α-hetero) is 1. The predicted molar refractivity (Wildman–Crippen MR) is 220 cm³/mol. The number of aliphatic imine (C=N–C) groups is 3. The van der Waals surface area contributed by atoms with Crippen LogP contribution in [0.25, 0.3) is 0 Å². The van der Waals surface area contributed by atoms with Crippen molar-refractivity contribution in [1.29, 1.82) is 0 Å². The molecule has 0 radical (unpaired) electrons. The molecule has 1 aliphatic heterocycles. The number of nitrogens with zero attached hydrogens (tertiary/aromatic N) is 3. The van der Waals surface area contributed by atoms with Crippen LogP contribution in [0.4, 0.5) is 4.39 Å². The van der Waals surface area contributed by atoms with Crippen molar-refractivity contribution in [2.45, 2.75) is 105 Å². The fourth-order valence-corrected chi connectivity index (χ4v) is 8.30. The Morgan fingerprint density at radius 3 is 2.64 bits per heavy atom. The molecule has 1 aromatic rings. The summed E-state index contributed by atoms with van der Waals surface area (Å²) in [6.45, 7) is 11.1. The molecule has 0 saturated heterocycles. The van der Waals surface area contributed by atoms with Gasteiger partial charge in [-0.25, -0.2) is 9.38 Å². The van der Waals surface area contributed by atoms with E-state index in [9.17, 15) is 9.18 Å². The Bertz CT molecular complexity index is 1830. The zero-order chi connectivity index (χ0) is 37.5. The van der Waals surface area contributed by atoms with Crippen molar-refractivity contribution >= 4 is 24.0 Å². The van der Waals surface area contributed by atoms with Gasteiger partial charge >= 0.3 is 0 Å². The van der Waals surface area contributed by atoms with E-state index in [0.29, 0.717) is 30.4 Å². The third-order valence-electron chi connectivity index (χ3n) is 11.7. The Balaban J connectivity index is 1.37. The van der Waals surface area contributed by atoms with Crippen molar-refractivity contribution in [3.63, 3.8) is 0 Å². The number of amidine groups is 1. The Morgan fingerprint density at radius 2 is 1.92 bits per heavy atom. The van der Waals surface area contributed by atoms with Crippen molar-refractivity contribution in [3.8, 4) is 0 Å². The second-order valence-corrected chi connectivity index (χ2v) is 15.9. The van der Waals surface area contributed by atoms with Gasteiger partial charge in [-0.1, -0.05) is 112 Å². The van der Waals surface area contributed by atoms with Crippen LogP contribution in [0.2, 0.25) is 0 Å². The molecule has 0 bridgehead atoms. The molecule has 7 unspecified atom stereocenters. The number of hydrogen-bond acceptors (Lipinski definition) is 4. The highest BCUT2D eigenvalue weighted by molar-refractivity contribution is 6.02. The number of carbonyl (C=O) groups is 1. The van der Waals surface area contributed by atoms with Crippen LogP contribution < -0.4 is 5.73 Å². The first-order valence-corrected chi connectivity index (χ1v) is 20.1. The first-order chi connectivity index (χ1) is 25.7. The largest absolute Gasteiger partial charge is 0.387 e. The lowest BCUT2D eigenvalue weighted by Crippen LogP contribution is -2.37. The summed E-state index contributed by atoms with van der Waals surface area (Å²) in [5, 5.41) is 0. The minimum Gasteiger partial charge on any atom is -0.387 e. The average Bonchev–Trinajstić information content (AvgIpc) is 4.07. The quantitative estimate of drug-likeness (QED) is 0.0990. The zero-order valence-corrected chi connectivity index (χ0v) is 32.5. The van der Waals surface area contributed by atoms with Gasteiger partial charge in [0.15, 0.2) is 5.78 Å². The third-order valence-corrected chi connectivity index (χ3v) is 11.7. The van der Waals surface area contributed by atoms with Crippen LogP contribution >= 0.6 is 0 Å². The summed E-state index contributed by atoms with van der Waals surface area (Å²) in [7, 11) is 0. The lowest BCUT2D eigenvalue weighted by molar-refractivity contribution is 0.0950. The number of hydrogen-bond donors (Lipinski definition) is 1. The average molecular weight is 715 g/mol. The minimum absolute atomic E-state index is 0.0207.